The number of nitrogens with zero attached hydrogens (tertiary/aromatic N) is 1. The summed E-state index contributed by atoms with van der Waals surface area (Å²) in [5.74, 6) is -0.371. The van der Waals surface area contributed by atoms with Crippen LogP contribution in [0.25, 0.3) is 0 Å². The number of rotatable bonds is 4. The number of likely N-dealkylation sites (tertiary alicyclic amines) is 1. The zero-order chi connectivity index (χ0) is 13.8. The molecule has 0 radical (unpaired) electrons. The van der Waals surface area contributed by atoms with Crippen LogP contribution in [-0.4, -0.2) is 30.4 Å². The summed E-state index contributed by atoms with van der Waals surface area (Å²) < 4.78 is 13.9. The van der Waals surface area contributed by atoms with Gasteiger partial charge in [-0.2, -0.15) is 0 Å². The number of hydrogen-bond donors (Lipinski definition) is 2. The Hall–Kier alpha value is -1.46. The minimum atomic E-state index is -0.603. The lowest BCUT2D eigenvalue weighted by Gasteiger charge is -2.31. The summed E-state index contributed by atoms with van der Waals surface area (Å²) in [5, 5.41) is 0. The standard InChI is InChI=1S/C14H20FN3O/c15-13-7-11(14(17)19)1-2-12(13)9-18-5-3-10(8-16)4-6-18/h1-2,7,10H,3-6,8-9,16H2,(H2,17,19). The van der Waals surface area contributed by atoms with E-state index in [9.17, 15) is 9.18 Å². The minimum absolute atomic E-state index is 0.211. The van der Waals surface area contributed by atoms with Gasteiger partial charge < -0.3 is 11.5 Å². The molecule has 1 fully saturated rings. The highest BCUT2D eigenvalue weighted by molar-refractivity contribution is 5.92. The van der Waals surface area contributed by atoms with Gasteiger partial charge in [0, 0.05) is 17.7 Å². The van der Waals surface area contributed by atoms with E-state index in [0.29, 0.717) is 18.0 Å². The maximum Gasteiger partial charge on any atom is 0.248 e. The molecule has 104 valence electrons. The predicted octanol–water partition coefficient (Wildman–Crippen LogP) is 1.10. The van der Waals surface area contributed by atoms with Crippen LogP contribution in [-0.2, 0) is 6.54 Å². The number of halogens is 1. The lowest BCUT2D eigenvalue weighted by Crippen LogP contribution is -2.35. The van der Waals surface area contributed by atoms with Gasteiger partial charge in [-0.05, 0) is 50.5 Å². The van der Waals surface area contributed by atoms with E-state index in [1.165, 1.54) is 6.07 Å². The van der Waals surface area contributed by atoms with Gasteiger partial charge in [0.1, 0.15) is 5.82 Å². The van der Waals surface area contributed by atoms with Gasteiger partial charge in [0.05, 0.1) is 0 Å². The first-order valence-corrected chi connectivity index (χ1v) is 6.61. The lowest BCUT2D eigenvalue weighted by atomic mass is 9.96. The topological polar surface area (TPSA) is 72.3 Å². The van der Waals surface area contributed by atoms with Gasteiger partial charge in [0.2, 0.25) is 5.91 Å². The van der Waals surface area contributed by atoms with Crippen molar-refractivity contribution in [1.82, 2.24) is 4.90 Å². The Morgan fingerprint density at radius 2 is 2.05 bits per heavy atom. The van der Waals surface area contributed by atoms with Gasteiger partial charge in [-0.1, -0.05) is 6.07 Å². The van der Waals surface area contributed by atoms with E-state index in [4.69, 9.17) is 11.5 Å². The third-order valence-corrected chi connectivity index (χ3v) is 3.77. The van der Waals surface area contributed by atoms with Crippen molar-refractivity contribution < 1.29 is 9.18 Å². The Labute approximate surface area is 112 Å². The average Bonchev–Trinajstić information content (AvgIpc) is 2.41. The van der Waals surface area contributed by atoms with E-state index in [2.05, 4.69) is 4.90 Å². The molecule has 0 spiro atoms. The molecular weight excluding hydrogens is 245 g/mol. The van der Waals surface area contributed by atoms with Crippen LogP contribution in [0.5, 0.6) is 0 Å². The van der Waals surface area contributed by atoms with Crippen molar-refractivity contribution in [2.24, 2.45) is 17.4 Å². The summed E-state index contributed by atoms with van der Waals surface area (Å²) in [5.41, 5.74) is 11.6. The van der Waals surface area contributed by atoms with Crippen LogP contribution >= 0.6 is 0 Å². The molecule has 1 heterocycles. The molecule has 0 aromatic heterocycles. The van der Waals surface area contributed by atoms with Gasteiger partial charge in [0.15, 0.2) is 0 Å². The number of primary amides is 1. The molecule has 0 aliphatic carbocycles. The third kappa shape index (κ3) is 3.52. The maximum atomic E-state index is 13.9. The van der Waals surface area contributed by atoms with Crippen LogP contribution in [0, 0.1) is 11.7 Å². The number of nitrogens with two attached hydrogens (primary N) is 2. The smallest absolute Gasteiger partial charge is 0.248 e. The molecule has 5 heteroatoms. The van der Waals surface area contributed by atoms with E-state index >= 15 is 0 Å². The number of carbonyl (C=O) groups is 1. The van der Waals surface area contributed by atoms with Crippen LogP contribution in [0.4, 0.5) is 4.39 Å². The van der Waals surface area contributed by atoms with Gasteiger partial charge in [-0.3, -0.25) is 9.69 Å². The number of hydrogen-bond acceptors (Lipinski definition) is 3. The summed E-state index contributed by atoms with van der Waals surface area (Å²) in [4.78, 5) is 13.2. The second-order valence-electron chi connectivity index (χ2n) is 5.13. The summed E-state index contributed by atoms with van der Waals surface area (Å²) in [6, 6.07) is 4.43. The fourth-order valence-corrected chi connectivity index (χ4v) is 2.45. The Morgan fingerprint density at radius 3 is 2.58 bits per heavy atom. The molecule has 0 atom stereocenters. The number of amides is 1. The Kier molecular flexibility index (Phi) is 4.50. The molecule has 4 nitrogen and oxygen atoms in total. The molecule has 0 saturated carbocycles. The first kappa shape index (κ1) is 14.0. The van der Waals surface area contributed by atoms with Crippen molar-refractivity contribution in [3.05, 3.63) is 35.1 Å². The Balaban J connectivity index is 1.98. The SMILES string of the molecule is NCC1CCN(Cc2ccc(C(N)=O)cc2F)CC1. The summed E-state index contributed by atoms with van der Waals surface area (Å²) in [6.07, 6.45) is 2.13. The van der Waals surface area contributed by atoms with Crippen molar-refractivity contribution in [3.63, 3.8) is 0 Å². The fourth-order valence-electron chi connectivity index (χ4n) is 2.45. The third-order valence-electron chi connectivity index (χ3n) is 3.77. The van der Waals surface area contributed by atoms with Crippen molar-refractivity contribution in [3.8, 4) is 0 Å². The monoisotopic (exact) mass is 265 g/mol. The van der Waals surface area contributed by atoms with Crippen molar-refractivity contribution in [2.45, 2.75) is 19.4 Å². The van der Waals surface area contributed by atoms with Gasteiger partial charge in [-0.25, -0.2) is 4.39 Å². The van der Waals surface area contributed by atoms with E-state index in [0.717, 1.165) is 32.5 Å². The second-order valence-corrected chi connectivity index (χ2v) is 5.13. The summed E-state index contributed by atoms with van der Waals surface area (Å²) >= 11 is 0. The van der Waals surface area contributed by atoms with Crippen molar-refractivity contribution >= 4 is 5.91 Å². The van der Waals surface area contributed by atoms with E-state index in [-0.39, 0.29) is 11.4 Å². The molecule has 1 aromatic carbocycles. The molecule has 0 unspecified atom stereocenters. The highest BCUT2D eigenvalue weighted by Crippen LogP contribution is 2.19. The van der Waals surface area contributed by atoms with Crippen molar-refractivity contribution in [1.29, 1.82) is 0 Å². The van der Waals surface area contributed by atoms with Gasteiger partial charge >= 0.3 is 0 Å². The van der Waals surface area contributed by atoms with E-state index in [1.54, 1.807) is 12.1 Å². The van der Waals surface area contributed by atoms with E-state index in [1.807, 2.05) is 0 Å². The maximum absolute atomic E-state index is 13.9. The highest BCUT2D eigenvalue weighted by Gasteiger charge is 2.19. The number of carbonyl (C=O) groups excluding carboxylic acids is 1. The number of benzene rings is 1. The predicted molar refractivity (Wildman–Crippen MR) is 72.0 cm³/mol. The summed E-state index contributed by atoms with van der Waals surface area (Å²) in [6.45, 7) is 3.19. The molecule has 1 aliphatic rings. The Bertz CT molecular complexity index is 456. The molecule has 19 heavy (non-hydrogen) atoms. The van der Waals surface area contributed by atoms with Gasteiger partial charge in [0.25, 0.3) is 0 Å². The van der Waals surface area contributed by atoms with Crippen molar-refractivity contribution in [2.75, 3.05) is 19.6 Å². The molecule has 0 bridgehead atoms. The molecule has 1 aromatic rings. The second kappa shape index (κ2) is 6.12. The van der Waals surface area contributed by atoms with Gasteiger partial charge in [-0.15, -0.1) is 0 Å². The summed E-state index contributed by atoms with van der Waals surface area (Å²) in [7, 11) is 0. The lowest BCUT2D eigenvalue weighted by molar-refractivity contribution is 0.0999. The minimum Gasteiger partial charge on any atom is -0.366 e. The molecule has 2 rings (SSSR count). The number of piperidine rings is 1. The first-order valence-electron chi connectivity index (χ1n) is 6.61. The normalized spacial score (nSPS) is 17.6. The molecule has 1 saturated heterocycles. The van der Waals surface area contributed by atoms with Crippen LogP contribution < -0.4 is 11.5 Å². The molecule has 1 aliphatic heterocycles. The molecule has 1 amide bonds. The van der Waals surface area contributed by atoms with Crippen LogP contribution in [0.1, 0.15) is 28.8 Å². The Morgan fingerprint density at radius 1 is 1.37 bits per heavy atom. The zero-order valence-corrected chi connectivity index (χ0v) is 10.9. The fraction of sp³-hybridized carbons (Fsp3) is 0.500. The van der Waals surface area contributed by atoms with E-state index < -0.39 is 5.91 Å². The quantitative estimate of drug-likeness (QED) is 0.856. The zero-order valence-electron chi connectivity index (χ0n) is 10.9. The van der Waals surface area contributed by atoms with Crippen LogP contribution in [0.15, 0.2) is 18.2 Å². The first-order chi connectivity index (χ1) is 9.10. The van der Waals surface area contributed by atoms with Crippen LogP contribution in [0.2, 0.25) is 0 Å². The highest BCUT2D eigenvalue weighted by atomic mass is 19.1. The van der Waals surface area contributed by atoms with Crippen LogP contribution in [0.3, 0.4) is 0 Å². The molecule has 4 N–H and O–H groups in total. The molecular formula is C14H20FN3O. The average molecular weight is 265 g/mol. The largest absolute Gasteiger partial charge is 0.366 e.